The molecule has 1 heterocycles. The third kappa shape index (κ3) is 3.75. The van der Waals surface area contributed by atoms with Gasteiger partial charge >= 0.3 is 0 Å². The fourth-order valence-corrected chi connectivity index (χ4v) is 3.86. The van der Waals surface area contributed by atoms with E-state index in [9.17, 15) is 4.79 Å². The molecule has 0 aromatic heterocycles. The Morgan fingerprint density at radius 2 is 2.00 bits per heavy atom. The quantitative estimate of drug-likeness (QED) is 0.773. The van der Waals surface area contributed by atoms with Crippen molar-refractivity contribution in [3.63, 3.8) is 0 Å². The molecule has 1 saturated carbocycles. The van der Waals surface area contributed by atoms with Crippen molar-refractivity contribution in [3.05, 3.63) is 0 Å². The van der Waals surface area contributed by atoms with Crippen LogP contribution in [-0.4, -0.2) is 29.6 Å². The lowest BCUT2D eigenvalue weighted by Gasteiger charge is -2.27. The van der Waals surface area contributed by atoms with Gasteiger partial charge in [-0.05, 0) is 37.5 Å². The molecule has 1 aliphatic carbocycles. The van der Waals surface area contributed by atoms with E-state index < -0.39 is 0 Å². The van der Waals surface area contributed by atoms with Crippen molar-refractivity contribution >= 4 is 5.91 Å². The second kappa shape index (κ2) is 7.44. The zero-order valence-electron chi connectivity index (χ0n) is 13.5. The maximum Gasteiger partial charge on any atom is 0.241 e. The van der Waals surface area contributed by atoms with Crippen molar-refractivity contribution in [1.29, 1.82) is 0 Å². The highest BCUT2D eigenvalue weighted by molar-refractivity contribution is 5.84. The lowest BCUT2D eigenvalue weighted by molar-refractivity contribution is -0.130. The molecule has 2 fully saturated rings. The van der Waals surface area contributed by atoms with Crippen molar-refractivity contribution in [2.75, 3.05) is 6.54 Å². The topological polar surface area (TPSA) is 32.3 Å². The Hall–Kier alpha value is -0.570. The molecule has 3 heteroatoms. The van der Waals surface area contributed by atoms with Crippen molar-refractivity contribution in [2.45, 2.75) is 84.3 Å². The molecule has 1 saturated heterocycles. The Morgan fingerprint density at radius 1 is 1.20 bits per heavy atom. The molecule has 0 radical (unpaired) electrons. The van der Waals surface area contributed by atoms with Crippen LogP contribution in [0.1, 0.15) is 72.1 Å². The average Bonchev–Trinajstić information content (AvgIpc) is 2.95. The summed E-state index contributed by atoms with van der Waals surface area (Å²) in [7, 11) is 0. The van der Waals surface area contributed by atoms with Gasteiger partial charge in [-0.15, -0.1) is 0 Å². The molecule has 0 aromatic rings. The zero-order valence-corrected chi connectivity index (χ0v) is 13.5. The number of unbranched alkanes of at least 4 members (excludes halogenated alkanes) is 1. The van der Waals surface area contributed by atoms with Crippen LogP contribution < -0.4 is 5.32 Å². The van der Waals surface area contributed by atoms with E-state index in [0.29, 0.717) is 12.1 Å². The monoisotopic (exact) mass is 280 g/mol. The van der Waals surface area contributed by atoms with Crippen LogP contribution in [0.5, 0.6) is 0 Å². The lowest BCUT2D eigenvalue weighted by atomic mass is 10.0. The summed E-state index contributed by atoms with van der Waals surface area (Å²) in [6, 6.07) is 0.0883. The van der Waals surface area contributed by atoms with Gasteiger partial charge in [-0.25, -0.2) is 0 Å². The van der Waals surface area contributed by atoms with Crippen LogP contribution in [0.2, 0.25) is 0 Å². The number of hydrogen-bond donors (Lipinski definition) is 1. The standard InChI is InChI=1S/C17H32N2O/c1-4-6-8-15-17(20)19(16(18-15)7-5-2)12-14-10-9-13(3)11-14/h13-16,18H,4-12H2,1-3H3. The Morgan fingerprint density at radius 3 is 2.60 bits per heavy atom. The van der Waals surface area contributed by atoms with Gasteiger partial charge in [0.2, 0.25) is 5.91 Å². The number of hydrogen-bond acceptors (Lipinski definition) is 2. The molecule has 4 unspecified atom stereocenters. The number of amides is 1. The van der Waals surface area contributed by atoms with Crippen LogP contribution in [0.4, 0.5) is 0 Å². The van der Waals surface area contributed by atoms with Gasteiger partial charge in [-0.3, -0.25) is 10.1 Å². The summed E-state index contributed by atoms with van der Waals surface area (Å²) >= 11 is 0. The van der Waals surface area contributed by atoms with Crippen molar-refractivity contribution in [2.24, 2.45) is 11.8 Å². The predicted molar refractivity (Wildman–Crippen MR) is 83.4 cm³/mol. The molecule has 116 valence electrons. The molecule has 4 atom stereocenters. The molecular weight excluding hydrogens is 248 g/mol. The number of nitrogens with one attached hydrogen (secondary N) is 1. The number of carbonyl (C=O) groups excluding carboxylic acids is 1. The van der Waals surface area contributed by atoms with Crippen LogP contribution >= 0.6 is 0 Å². The van der Waals surface area contributed by atoms with E-state index in [4.69, 9.17) is 0 Å². The second-order valence-corrected chi connectivity index (χ2v) is 6.94. The first kappa shape index (κ1) is 15.8. The van der Waals surface area contributed by atoms with E-state index >= 15 is 0 Å². The summed E-state index contributed by atoms with van der Waals surface area (Å²) in [6.45, 7) is 7.74. The maximum absolute atomic E-state index is 12.6. The van der Waals surface area contributed by atoms with Crippen LogP contribution in [0, 0.1) is 11.8 Å². The first-order chi connectivity index (χ1) is 9.65. The minimum atomic E-state index is 0.0883. The Balaban J connectivity index is 1.94. The van der Waals surface area contributed by atoms with Crippen molar-refractivity contribution < 1.29 is 4.79 Å². The maximum atomic E-state index is 12.6. The molecule has 1 N–H and O–H groups in total. The number of rotatable bonds is 7. The summed E-state index contributed by atoms with van der Waals surface area (Å²) in [5.41, 5.74) is 0. The summed E-state index contributed by atoms with van der Waals surface area (Å²) in [5.74, 6) is 1.96. The fraction of sp³-hybridized carbons (Fsp3) is 0.941. The number of carbonyl (C=O) groups is 1. The van der Waals surface area contributed by atoms with E-state index in [2.05, 4.69) is 31.0 Å². The fourth-order valence-electron chi connectivity index (χ4n) is 3.86. The second-order valence-electron chi connectivity index (χ2n) is 6.94. The van der Waals surface area contributed by atoms with Crippen LogP contribution in [0.25, 0.3) is 0 Å². The minimum Gasteiger partial charge on any atom is -0.326 e. The zero-order chi connectivity index (χ0) is 14.5. The predicted octanol–water partition coefficient (Wildman–Crippen LogP) is 3.54. The van der Waals surface area contributed by atoms with Crippen LogP contribution in [0.15, 0.2) is 0 Å². The highest BCUT2D eigenvalue weighted by atomic mass is 16.2. The first-order valence-corrected chi connectivity index (χ1v) is 8.72. The molecule has 0 bridgehead atoms. The van der Waals surface area contributed by atoms with Crippen molar-refractivity contribution in [1.82, 2.24) is 10.2 Å². The summed E-state index contributed by atoms with van der Waals surface area (Å²) in [5, 5.41) is 3.59. The third-order valence-corrected chi connectivity index (χ3v) is 5.02. The highest BCUT2D eigenvalue weighted by Crippen LogP contribution is 2.32. The van der Waals surface area contributed by atoms with E-state index in [0.717, 1.165) is 44.1 Å². The Labute approximate surface area is 124 Å². The van der Waals surface area contributed by atoms with E-state index in [1.165, 1.54) is 25.7 Å². The van der Waals surface area contributed by atoms with Gasteiger partial charge in [-0.2, -0.15) is 0 Å². The van der Waals surface area contributed by atoms with Gasteiger partial charge < -0.3 is 4.90 Å². The smallest absolute Gasteiger partial charge is 0.241 e. The van der Waals surface area contributed by atoms with Gasteiger partial charge in [0, 0.05) is 6.54 Å². The lowest BCUT2D eigenvalue weighted by Crippen LogP contribution is -2.40. The SMILES string of the molecule is CCCCC1NC(CCC)N(CC2CCC(C)C2)C1=O. The summed E-state index contributed by atoms with van der Waals surface area (Å²) < 4.78 is 0. The first-order valence-electron chi connectivity index (χ1n) is 8.72. The van der Waals surface area contributed by atoms with Crippen LogP contribution in [-0.2, 0) is 4.79 Å². The van der Waals surface area contributed by atoms with Crippen LogP contribution in [0.3, 0.4) is 0 Å². The van der Waals surface area contributed by atoms with Gasteiger partial charge in [0.05, 0.1) is 12.2 Å². The molecular formula is C17H32N2O. The van der Waals surface area contributed by atoms with E-state index in [-0.39, 0.29) is 6.04 Å². The molecule has 2 aliphatic rings. The molecule has 1 aliphatic heterocycles. The van der Waals surface area contributed by atoms with Crippen molar-refractivity contribution in [3.8, 4) is 0 Å². The molecule has 0 aromatic carbocycles. The number of nitrogens with zero attached hydrogens (tertiary/aromatic N) is 1. The molecule has 20 heavy (non-hydrogen) atoms. The normalized spacial score (nSPS) is 34.1. The minimum absolute atomic E-state index is 0.0883. The highest BCUT2D eigenvalue weighted by Gasteiger charge is 2.39. The van der Waals surface area contributed by atoms with Gasteiger partial charge in [0.1, 0.15) is 0 Å². The van der Waals surface area contributed by atoms with E-state index in [1.807, 2.05) is 0 Å². The van der Waals surface area contributed by atoms with Gasteiger partial charge in [0.25, 0.3) is 0 Å². The largest absolute Gasteiger partial charge is 0.326 e. The summed E-state index contributed by atoms with van der Waals surface area (Å²) in [4.78, 5) is 14.8. The van der Waals surface area contributed by atoms with Gasteiger partial charge in [-0.1, -0.05) is 46.5 Å². The Bertz CT molecular complexity index is 318. The van der Waals surface area contributed by atoms with Gasteiger partial charge in [0.15, 0.2) is 0 Å². The average molecular weight is 280 g/mol. The summed E-state index contributed by atoms with van der Waals surface area (Å²) in [6.07, 6.45) is 9.82. The molecule has 3 nitrogen and oxygen atoms in total. The Kier molecular flexibility index (Phi) is 5.88. The van der Waals surface area contributed by atoms with E-state index in [1.54, 1.807) is 0 Å². The molecule has 2 rings (SSSR count). The third-order valence-electron chi connectivity index (χ3n) is 5.02. The molecule has 0 spiro atoms. The molecule has 1 amide bonds.